The highest BCUT2D eigenvalue weighted by molar-refractivity contribution is 7.85. The van der Waals surface area contributed by atoms with E-state index in [-0.39, 0.29) is 29.5 Å². The molecule has 1 aliphatic carbocycles. The molecule has 2 aromatic rings. The molecule has 0 bridgehead atoms. The number of amides is 1. The van der Waals surface area contributed by atoms with E-state index in [2.05, 4.69) is 41.8 Å². The molecule has 8 heteroatoms. The number of hydrogen-bond acceptors (Lipinski definition) is 6. The van der Waals surface area contributed by atoms with Gasteiger partial charge >= 0.3 is 0 Å². The molecule has 7 nitrogen and oxygen atoms in total. The summed E-state index contributed by atoms with van der Waals surface area (Å²) < 4.78 is 18.7. The van der Waals surface area contributed by atoms with Gasteiger partial charge in [0.15, 0.2) is 11.7 Å². The second-order valence-electron chi connectivity index (χ2n) is 10.7. The Hall–Kier alpha value is -2.47. The predicted molar refractivity (Wildman–Crippen MR) is 195 cm³/mol. The fourth-order valence-electron chi connectivity index (χ4n) is 4.78. The van der Waals surface area contributed by atoms with E-state index in [1.807, 2.05) is 78.8 Å². The van der Waals surface area contributed by atoms with Crippen molar-refractivity contribution >= 4 is 27.8 Å². The Morgan fingerprint density at radius 3 is 2.24 bits per heavy atom. The van der Waals surface area contributed by atoms with Gasteiger partial charge in [0.05, 0.1) is 12.1 Å². The van der Waals surface area contributed by atoms with E-state index in [0.717, 1.165) is 32.1 Å². The Kier molecular flexibility index (Phi) is 28.7. The van der Waals surface area contributed by atoms with E-state index in [9.17, 15) is 14.1 Å². The molecule has 1 fully saturated rings. The molecule has 1 amide bonds. The third-order valence-corrected chi connectivity index (χ3v) is 8.16. The molecule has 1 saturated carbocycles. The minimum Gasteiger partial charge on any atom is -0.438 e. The topological polar surface area (TPSA) is 104 Å². The van der Waals surface area contributed by atoms with Crippen LogP contribution in [0, 0.1) is 18.3 Å². The van der Waals surface area contributed by atoms with Gasteiger partial charge in [0, 0.05) is 28.3 Å². The molecule has 5 atom stereocenters. The Balaban J connectivity index is 0. The summed E-state index contributed by atoms with van der Waals surface area (Å²) in [5, 5.41) is 17.6. The monoisotopic (exact) mass is 647 g/mol. The maximum absolute atomic E-state index is 13.5. The molecule has 258 valence electrons. The number of nitrogens with zero attached hydrogens (tertiary/aromatic N) is 1. The Morgan fingerprint density at radius 1 is 1.13 bits per heavy atom. The van der Waals surface area contributed by atoms with Crippen molar-refractivity contribution < 1.29 is 18.5 Å². The molecule has 0 radical (unpaired) electrons. The van der Waals surface area contributed by atoms with Gasteiger partial charge in [-0.3, -0.25) is 9.00 Å². The average Bonchev–Trinajstić information content (AvgIpc) is 3.48. The van der Waals surface area contributed by atoms with Gasteiger partial charge in [0.1, 0.15) is 5.52 Å². The lowest BCUT2D eigenvalue weighted by Crippen LogP contribution is -2.54. The molecular formula is C37H65N3O4S. The van der Waals surface area contributed by atoms with Crippen LogP contribution in [0.5, 0.6) is 0 Å². The molecule has 0 aliphatic heterocycles. The highest BCUT2D eigenvalue weighted by Crippen LogP contribution is 2.24. The zero-order valence-corrected chi connectivity index (χ0v) is 30.8. The number of hydrogen-bond donors (Lipinski definition) is 3. The summed E-state index contributed by atoms with van der Waals surface area (Å²) in [6, 6.07) is 6.48. The van der Waals surface area contributed by atoms with Gasteiger partial charge in [-0.1, -0.05) is 112 Å². The minimum atomic E-state index is -1.15. The smallest absolute Gasteiger partial charge is 0.238 e. The van der Waals surface area contributed by atoms with Crippen LogP contribution in [0.15, 0.2) is 40.8 Å². The number of oxazole rings is 1. The van der Waals surface area contributed by atoms with Gasteiger partial charge in [0.25, 0.3) is 0 Å². The molecule has 3 N–H and O–H groups in total. The second kappa shape index (κ2) is 29.0. The first-order valence-electron chi connectivity index (χ1n) is 17.2. The van der Waals surface area contributed by atoms with Gasteiger partial charge < -0.3 is 20.2 Å². The van der Waals surface area contributed by atoms with Crippen molar-refractivity contribution in [2.45, 2.75) is 145 Å². The number of aliphatic hydroxyl groups is 1. The number of fused-ring (bicyclic) bond motifs is 1. The van der Waals surface area contributed by atoms with Crippen molar-refractivity contribution in [2.75, 3.05) is 11.5 Å². The number of carbonyl (C=O) groups excluding carboxylic acids is 1. The largest absolute Gasteiger partial charge is 0.438 e. The molecule has 0 spiro atoms. The minimum absolute atomic E-state index is 0.188. The summed E-state index contributed by atoms with van der Waals surface area (Å²) in [6.07, 6.45) is 15.7. The highest BCUT2D eigenvalue weighted by atomic mass is 32.2. The lowest BCUT2D eigenvalue weighted by atomic mass is 9.95. The standard InChI is InChI=1S/C27H41N3O4S.C3H8.C3H4.2C2H6/c1-4-11-19(3)17-35(33)18-23(28-20-13-7-6-8-14-20)26(32)29-22(12-5-2)25(31)27-30-21-15-9-10-16-24(21)34-27;2*1-3-2;2*1-2/h4,9-11,15-16,19-20,22-23,25,28,31H,5-8,12-14,17-18H2,1-3H3,(H,29,32);3H2,1-2H3;1H,2H3;2*1-2H3/b11-4-;;;;/t19?,22-,23?,25?,35?;;;;/m0..../s1. The van der Waals surface area contributed by atoms with Gasteiger partial charge in [-0.05, 0) is 51.2 Å². The number of carbonyl (C=O) groups is 1. The Bertz CT molecular complexity index is 1060. The van der Waals surface area contributed by atoms with Crippen LogP contribution >= 0.6 is 0 Å². The van der Waals surface area contributed by atoms with E-state index in [1.54, 1.807) is 13.0 Å². The second-order valence-corrected chi connectivity index (χ2v) is 12.2. The molecule has 45 heavy (non-hydrogen) atoms. The van der Waals surface area contributed by atoms with E-state index >= 15 is 0 Å². The first-order chi connectivity index (χ1) is 21.7. The van der Waals surface area contributed by atoms with Crippen molar-refractivity contribution in [1.29, 1.82) is 0 Å². The fourth-order valence-corrected chi connectivity index (χ4v) is 6.23. The van der Waals surface area contributed by atoms with Crippen molar-refractivity contribution in [3.05, 3.63) is 42.3 Å². The maximum atomic E-state index is 13.5. The number of terminal acetylenes is 1. The Labute approximate surface area is 278 Å². The van der Waals surface area contributed by atoms with Crippen LogP contribution in [0.4, 0.5) is 0 Å². The third kappa shape index (κ3) is 18.9. The highest BCUT2D eigenvalue weighted by Gasteiger charge is 2.31. The number of aliphatic hydroxyl groups excluding tert-OH is 1. The van der Waals surface area contributed by atoms with Crippen molar-refractivity contribution in [3.8, 4) is 12.3 Å². The number of allylic oxidation sites excluding steroid dienone is 2. The molecule has 1 aromatic heterocycles. The lowest BCUT2D eigenvalue weighted by Gasteiger charge is -2.30. The number of aromatic nitrogens is 1. The van der Waals surface area contributed by atoms with Crippen molar-refractivity contribution in [2.24, 2.45) is 5.92 Å². The molecule has 4 unspecified atom stereocenters. The Morgan fingerprint density at radius 2 is 1.71 bits per heavy atom. The SMILES string of the molecule is C#CC.C/C=C\C(C)CS(=O)CC(NC1CCCCC1)C(=O)N[C@@H](CCC)C(O)c1nc2ccccc2o1.CC.CC.CCC. The molecule has 1 aliphatic rings. The number of rotatable bonds is 13. The molecule has 3 rings (SSSR count). The van der Waals surface area contributed by atoms with Crippen LogP contribution in [0.3, 0.4) is 0 Å². The van der Waals surface area contributed by atoms with Gasteiger partial charge in [-0.15, -0.1) is 12.3 Å². The van der Waals surface area contributed by atoms with E-state index in [1.165, 1.54) is 12.8 Å². The first-order valence-corrected chi connectivity index (χ1v) is 18.7. The van der Waals surface area contributed by atoms with Crippen LogP contribution in [0.1, 0.15) is 133 Å². The zero-order chi connectivity index (χ0) is 34.6. The van der Waals surface area contributed by atoms with Crippen LogP contribution in [-0.4, -0.2) is 49.8 Å². The number of para-hydroxylation sites is 2. The van der Waals surface area contributed by atoms with E-state index in [0.29, 0.717) is 23.3 Å². The summed E-state index contributed by atoms with van der Waals surface area (Å²) in [5.41, 5.74) is 1.27. The fraction of sp³-hybridized carbons (Fsp3) is 0.676. The zero-order valence-electron chi connectivity index (χ0n) is 30.0. The van der Waals surface area contributed by atoms with Gasteiger partial charge in [0.2, 0.25) is 11.8 Å². The quantitative estimate of drug-likeness (QED) is 0.149. The van der Waals surface area contributed by atoms with Gasteiger partial charge in [-0.2, -0.15) is 0 Å². The molecular weight excluding hydrogens is 582 g/mol. The number of nitrogens with one attached hydrogen (secondary N) is 2. The molecule has 0 saturated heterocycles. The summed E-state index contributed by atoms with van der Waals surface area (Å²) in [7, 11) is -1.15. The van der Waals surface area contributed by atoms with E-state index < -0.39 is 29.0 Å². The lowest BCUT2D eigenvalue weighted by molar-refractivity contribution is -0.124. The van der Waals surface area contributed by atoms with Crippen molar-refractivity contribution in [3.63, 3.8) is 0 Å². The summed E-state index contributed by atoms with van der Waals surface area (Å²) >= 11 is 0. The summed E-state index contributed by atoms with van der Waals surface area (Å²) in [4.78, 5) is 17.9. The maximum Gasteiger partial charge on any atom is 0.238 e. The van der Waals surface area contributed by atoms with E-state index in [4.69, 9.17) is 4.42 Å². The van der Waals surface area contributed by atoms with Gasteiger partial charge in [-0.25, -0.2) is 4.98 Å². The van der Waals surface area contributed by atoms with Crippen LogP contribution in [-0.2, 0) is 15.6 Å². The van der Waals surface area contributed by atoms with Crippen LogP contribution < -0.4 is 10.6 Å². The van der Waals surface area contributed by atoms with Crippen LogP contribution in [0.25, 0.3) is 11.1 Å². The summed E-state index contributed by atoms with van der Waals surface area (Å²) in [6.45, 7) is 19.9. The normalized spacial score (nSPS) is 16.0. The molecule has 1 aromatic carbocycles. The number of benzene rings is 1. The first kappa shape index (κ1) is 44.7. The van der Waals surface area contributed by atoms with Crippen molar-refractivity contribution in [1.82, 2.24) is 15.6 Å². The third-order valence-electron chi connectivity index (χ3n) is 6.55. The predicted octanol–water partition coefficient (Wildman–Crippen LogP) is 8.51. The average molecular weight is 648 g/mol. The van der Waals surface area contributed by atoms with Crippen LogP contribution in [0.2, 0.25) is 0 Å². The summed E-state index contributed by atoms with van der Waals surface area (Å²) in [5.74, 6) is 3.18. The molecule has 1 heterocycles.